The van der Waals surface area contributed by atoms with Crippen molar-refractivity contribution in [2.24, 2.45) is 5.92 Å². The Morgan fingerprint density at radius 2 is 1.96 bits per heavy atom. The van der Waals surface area contributed by atoms with E-state index in [-0.39, 0.29) is 18.3 Å². The van der Waals surface area contributed by atoms with Gasteiger partial charge in [-0.3, -0.25) is 9.69 Å². The van der Waals surface area contributed by atoms with Gasteiger partial charge in [-0.2, -0.15) is 0 Å². The molecular weight excluding hydrogens is 330 g/mol. The number of rotatable bonds is 5. The molecule has 0 aliphatic carbocycles. The van der Waals surface area contributed by atoms with E-state index < -0.39 is 0 Å². The summed E-state index contributed by atoms with van der Waals surface area (Å²) in [5.74, 6) is 0.507. The number of aliphatic hydroxyl groups excluding tert-OH is 1. The number of aliphatic hydroxyl groups is 1. The topological polar surface area (TPSA) is 67.2 Å². The maximum Gasteiger partial charge on any atom is 0.253 e. The third-order valence-electron chi connectivity index (χ3n) is 5.81. The number of amides is 1. The molecule has 2 atom stereocenters. The molecule has 2 aliphatic heterocycles. The first-order valence-corrected chi connectivity index (χ1v) is 9.70. The number of piperazine rings is 1. The lowest BCUT2D eigenvalue weighted by Crippen LogP contribution is -2.56. The van der Waals surface area contributed by atoms with Crippen molar-refractivity contribution >= 4 is 5.91 Å². The lowest BCUT2D eigenvalue weighted by molar-refractivity contribution is 0.0217. The summed E-state index contributed by atoms with van der Waals surface area (Å²) < 4.78 is 0. The number of benzene rings is 1. The van der Waals surface area contributed by atoms with Crippen molar-refractivity contribution in [3.05, 3.63) is 29.8 Å². The number of likely N-dealkylation sites (tertiary alicyclic amines) is 1. The molecule has 144 valence electrons. The van der Waals surface area contributed by atoms with E-state index in [9.17, 15) is 15.0 Å². The van der Waals surface area contributed by atoms with Gasteiger partial charge in [0.25, 0.3) is 5.91 Å². The lowest BCUT2D eigenvalue weighted by Gasteiger charge is -2.46. The minimum atomic E-state index is -0.00766. The van der Waals surface area contributed by atoms with Crippen molar-refractivity contribution in [3.63, 3.8) is 0 Å². The number of hydrogen-bond donors (Lipinski definition) is 2. The zero-order chi connectivity index (χ0) is 18.5. The van der Waals surface area contributed by atoms with Crippen LogP contribution in [-0.4, -0.2) is 89.8 Å². The second-order valence-electron chi connectivity index (χ2n) is 7.62. The Balaban J connectivity index is 1.68. The molecule has 6 heteroatoms. The highest BCUT2D eigenvalue weighted by atomic mass is 16.3. The van der Waals surface area contributed by atoms with Gasteiger partial charge in [-0.15, -0.1) is 0 Å². The van der Waals surface area contributed by atoms with Gasteiger partial charge in [0.2, 0.25) is 0 Å². The summed E-state index contributed by atoms with van der Waals surface area (Å²) in [6.07, 6.45) is 2.70. The number of phenolic OH excluding ortho intramolecular Hbond substituents is 1. The molecule has 1 aromatic rings. The molecule has 3 rings (SSSR count). The third kappa shape index (κ3) is 4.55. The van der Waals surface area contributed by atoms with Crippen LogP contribution in [0.5, 0.6) is 5.75 Å². The van der Waals surface area contributed by atoms with Gasteiger partial charge in [0.15, 0.2) is 0 Å². The molecule has 2 N–H and O–H groups in total. The molecule has 2 aliphatic rings. The summed E-state index contributed by atoms with van der Waals surface area (Å²) in [4.78, 5) is 19.7. The molecule has 0 aromatic heterocycles. The van der Waals surface area contributed by atoms with Gasteiger partial charge in [-0.05, 0) is 50.4 Å². The molecule has 0 unspecified atom stereocenters. The Bertz CT molecular complexity index is 602. The normalized spacial score (nSPS) is 25.4. The Hall–Kier alpha value is -1.63. The van der Waals surface area contributed by atoms with E-state index in [1.54, 1.807) is 18.2 Å². The number of hydrogen-bond acceptors (Lipinski definition) is 5. The van der Waals surface area contributed by atoms with Crippen LogP contribution >= 0.6 is 0 Å². The predicted molar refractivity (Wildman–Crippen MR) is 101 cm³/mol. The third-order valence-corrected chi connectivity index (χ3v) is 5.81. The van der Waals surface area contributed by atoms with Crippen LogP contribution < -0.4 is 0 Å². The minimum absolute atomic E-state index is 0.00766. The average molecular weight is 361 g/mol. The van der Waals surface area contributed by atoms with Crippen LogP contribution in [0.4, 0.5) is 0 Å². The SMILES string of the molecule is CN1CCN([C@H]2CCN(C(=O)c3cccc(O)c3)C[C@H]2CCCO)CC1. The summed E-state index contributed by atoms with van der Waals surface area (Å²) in [6.45, 7) is 6.03. The summed E-state index contributed by atoms with van der Waals surface area (Å²) >= 11 is 0. The predicted octanol–water partition coefficient (Wildman–Crippen LogP) is 1.24. The molecular formula is C20H31N3O3. The van der Waals surface area contributed by atoms with Gasteiger partial charge in [0, 0.05) is 57.5 Å². The molecule has 0 spiro atoms. The lowest BCUT2D eigenvalue weighted by atomic mass is 9.86. The van der Waals surface area contributed by atoms with E-state index in [0.29, 0.717) is 17.5 Å². The monoisotopic (exact) mass is 361 g/mol. The number of aromatic hydroxyl groups is 1. The molecule has 0 saturated carbocycles. The second kappa shape index (κ2) is 8.84. The zero-order valence-corrected chi connectivity index (χ0v) is 15.7. The Morgan fingerprint density at radius 1 is 1.19 bits per heavy atom. The van der Waals surface area contributed by atoms with Gasteiger partial charge >= 0.3 is 0 Å². The van der Waals surface area contributed by atoms with Crippen LogP contribution in [0.25, 0.3) is 0 Å². The molecule has 0 bridgehead atoms. The fraction of sp³-hybridized carbons (Fsp3) is 0.650. The van der Waals surface area contributed by atoms with E-state index in [1.165, 1.54) is 6.07 Å². The first-order chi connectivity index (χ1) is 12.6. The fourth-order valence-electron chi connectivity index (χ4n) is 4.30. The highest BCUT2D eigenvalue weighted by Gasteiger charge is 2.35. The summed E-state index contributed by atoms with van der Waals surface area (Å²) in [7, 11) is 2.16. The van der Waals surface area contributed by atoms with E-state index in [2.05, 4.69) is 16.8 Å². The average Bonchev–Trinajstić information content (AvgIpc) is 2.66. The maximum atomic E-state index is 12.8. The first-order valence-electron chi connectivity index (χ1n) is 9.70. The van der Waals surface area contributed by atoms with Crippen LogP contribution in [-0.2, 0) is 0 Å². The summed E-state index contributed by atoms with van der Waals surface area (Å²) in [5, 5.41) is 18.9. The fourth-order valence-corrected chi connectivity index (χ4v) is 4.30. The Morgan fingerprint density at radius 3 is 2.65 bits per heavy atom. The maximum absolute atomic E-state index is 12.8. The van der Waals surface area contributed by atoms with Crippen molar-refractivity contribution in [2.45, 2.75) is 25.3 Å². The smallest absolute Gasteiger partial charge is 0.253 e. The summed E-state index contributed by atoms with van der Waals surface area (Å²) in [5.41, 5.74) is 0.545. The van der Waals surface area contributed by atoms with Gasteiger partial charge in [0.1, 0.15) is 5.75 Å². The summed E-state index contributed by atoms with van der Waals surface area (Å²) in [6, 6.07) is 7.08. The largest absolute Gasteiger partial charge is 0.508 e. The number of nitrogens with zero attached hydrogens (tertiary/aromatic N) is 3. The highest BCUT2D eigenvalue weighted by molar-refractivity contribution is 5.94. The standard InChI is InChI=1S/C20H31N3O3/c1-21-9-11-22(12-10-21)19-7-8-23(15-17(19)5-3-13-24)20(26)16-4-2-6-18(25)14-16/h2,4,6,14,17,19,24-25H,3,5,7-13,15H2,1H3/t17-,19+/m1/s1. The van der Waals surface area contributed by atoms with Crippen LogP contribution in [0.2, 0.25) is 0 Å². The molecule has 0 radical (unpaired) electrons. The molecule has 26 heavy (non-hydrogen) atoms. The van der Waals surface area contributed by atoms with Crippen molar-refractivity contribution in [1.29, 1.82) is 0 Å². The Labute approximate surface area is 156 Å². The number of likely N-dealkylation sites (N-methyl/N-ethyl adjacent to an activating group) is 1. The number of phenols is 1. The van der Waals surface area contributed by atoms with Crippen molar-refractivity contribution < 1.29 is 15.0 Å². The van der Waals surface area contributed by atoms with Crippen molar-refractivity contribution in [1.82, 2.24) is 14.7 Å². The zero-order valence-electron chi connectivity index (χ0n) is 15.7. The quantitative estimate of drug-likeness (QED) is 0.826. The number of piperidine rings is 1. The molecule has 2 heterocycles. The van der Waals surface area contributed by atoms with Gasteiger partial charge < -0.3 is 20.0 Å². The minimum Gasteiger partial charge on any atom is -0.508 e. The van der Waals surface area contributed by atoms with E-state index in [4.69, 9.17) is 0 Å². The van der Waals surface area contributed by atoms with Crippen LogP contribution in [0, 0.1) is 5.92 Å². The van der Waals surface area contributed by atoms with Gasteiger partial charge in [-0.1, -0.05) is 6.07 Å². The van der Waals surface area contributed by atoms with Crippen LogP contribution in [0.3, 0.4) is 0 Å². The molecule has 1 amide bonds. The Kier molecular flexibility index (Phi) is 6.51. The molecule has 1 aromatic carbocycles. The number of carbonyl (C=O) groups is 1. The van der Waals surface area contributed by atoms with Crippen molar-refractivity contribution in [3.8, 4) is 5.75 Å². The van der Waals surface area contributed by atoms with Gasteiger partial charge in [-0.25, -0.2) is 0 Å². The molecule has 2 saturated heterocycles. The van der Waals surface area contributed by atoms with Crippen LogP contribution in [0.1, 0.15) is 29.6 Å². The highest BCUT2D eigenvalue weighted by Crippen LogP contribution is 2.28. The molecule has 6 nitrogen and oxygen atoms in total. The first kappa shape index (κ1) is 19.1. The van der Waals surface area contributed by atoms with Crippen molar-refractivity contribution in [2.75, 3.05) is 52.9 Å². The van der Waals surface area contributed by atoms with Gasteiger partial charge in [0.05, 0.1) is 0 Å². The van der Waals surface area contributed by atoms with E-state index in [0.717, 1.165) is 58.5 Å². The van der Waals surface area contributed by atoms with Crippen LogP contribution in [0.15, 0.2) is 24.3 Å². The van der Waals surface area contributed by atoms with E-state index >= 15 is 0 Å². The van der Waals surface area contributed by atoms with E-state index in [1.807, 2.05) is 4.90 Å². The second-order valence-corrected chi connectivity index (χ2v) is 7.62. The number of carbonyl (C=O) groups excluding carboxylic acids is 1. The molecule has 2 fully saturated rings.